The predicted molar refractivity (Wildman–Crippen MR) is 77.1 cm³/mol. The molecule has 0 bridgehead atoms. The molecular weight excluding hydrogens is 280 g/mol. The maximum absolute atomic E-state index is 5.66. The Morgan fingerprint density at radius 1 is 0.650 bits per heavy atom. The first-order valence-electron chi connectivity index (χ1n) is 6.68. The van der Waals surface area contributed by atoms with Crippen molar-refractivity contribution in [3.05, 3.63) is 18.2 Å². The molecule has 0 amide bonds. The van der Waals surface area contributed by atoms with Gasteiger partial charge in [0.2, 0.25) is 0 Å². The van der Waals surface area contributed by atoms with Crippen LogP contribution >= 0.6 is 12.6 Å². The maximum atomic E-state index is 5.66. The fourth-order valence-electron chi connectivity index (χ4n) is 1.69. The third-order valence-corrected chi connectivity index (χ3v) is 2.92. The summed E-state index contributed by atoms with van der Waals surface area (Å²) in [6.07, 6.45) is 0. The Morgan fingerprint density at radius 2 is 1.15 bits per heavy atom. The lowest BCUT2D eigenvalue weighted by Gasteiger charge is -2.13. The summed E-state index contributed by atoms with van der Waals surface area (Å²) in [6, 6.07) is 5.55. The Balaban J connectivity index is 1.93. The van der Waals surface area contributed by atoms with Gasteiger partial charge >= 0.3 is 0 Å². The SMILES string of the molecule is Sc1ccc2c(c1)OCCOCCOCCOCCO2. The zero-order valence-corrected chi connectivity index (χ0v) is 12.3. The lowest BCUT2D eigenvalue weighted by molar-refractivity contribution is 0.00708. The summed E-state index contributed by atoms with van der Waals surface area (Å²) in [5.41, 5.74) is 0. The molecular formula is C14H20O5S. The number of ether oxygens (including phenoxy) is 5. The molecule has 20 heavy (non-hydrogen) atoms. The Kier molecular flexibility index (Phi) is 7.00. The van der Waals surface area contributed by atoms with Crippen molar-refractivity contribution in [1.29, 1.82) is 0 Å². The third-order valence-electron chi connectivity index (χ3n) is 2.64. The van der Waals surface area contributed by atoms with Crippen molar-refractivity contribution in [3.8, 4) is 11.5 Å². The summed E-state index contributed by atoms with van der Waals surface area (Å²) < 4.78 is 27.5. The van der Waals surface area contributed by atoms with Gasteiger partial charge in [-0.25, -0.2) is 0 Å². The number of rotatable bonds is 0. The quantitative estimate of drug-likeness (QED) is 0.740. The molecule has 0 fully saturated rings. The van der Waals surface area contributed by atoms with Crippen LogP contribution < -0.4 is 9.47 Å². The lowest BCUT2D eigenvalue weighted by Crippen LogP contribution is -2.13. The van der Waals surface area contributed by atoms with E-state index in [1.807, 2.05) is 18.2 Å². The van der Waals surface area contributed by atoms with Gasteiger partial charge < -0.3 is 23.7 Å². The van der Waals surface area contributed by atoms with Crippen molar-refractivity contribution in [3.63, 3.8) is 0 Å². The second-order valence-corrected chi connectivity index (χ2v) is 4.68. The topological polar surface area (TPSA) is 46.2 Å². The minimum absolute atomic E-state index is 0.462. The highest BCUT2D eigenvalue weighted by Crippen LogP contribution is 2.29. The average Bonchev–Trinajstić information content (AvgIpc) is 2.45. The largest absolute Gasteiger partial charge is 0.487 e. The van der Waals surface area contributed by atoms with Gasteiger partial charge in [-0.2, -0.15) is 0 Å². The average molecular weight is 300 g/mol. The molecule has 1 heterocycles. The van der Waals surface area contributed by atoms with E-state index >= 15 is 0 Å². The molecule has 0 radical (unpaired) electrons. The van der Waals surface area contributed by atoms with Gasteiger partial charge in [0.15, 0.2) is 11.5 Å². The van der Waals surface area contributed by atoms with Crippen molar-refractivity contribution in [2.24, 2.45) is 0 Å². The van der Waals surface area contributed by atoms with Gasteiger partial charge in [0, 0.05) is 4.90 Å². The number of hydrogen-bond acceptors (Lipinski definition) is 6. The standard InChI is InChI=1S/C14H20O5S/c20-12-1-2-13-14(11-12)19-10-8-17-6-4-15-3-5-16-7-9-18-13/h1-2,11,20H,3-10H2. The number of thiol groups is 1. The van der Waals surface area contributed by atoms with Crippen LogP contribution in [0.5, 0.6) is 11.5 Å². The molecule has 0 spiro atoms. The van der Waals surface area contributed by atoms with Crippen LogP contribution in [0, 0.1) is 0 Å². The number of hydrogen-bond donors (Lipinski definition) is 1. The van der Waals surface area contributed by atoms with Gasteiger partial charge in [0.25, 0.3) is 0 Å². The fourth-order valence-corrected chi connectivity index (χ4v) is 1.88. The van der Waals surface area contributed by atoms with Gasteiger partial charge in [0.05, 0.1) is 39.6 Å². The highest BCUT2D eigenvalue weighted by atomic mass is 32.1. The van der Waals surface area contributed by atoms with Crippen LogP contribution in [0.3, 0.4) is 0 Å². The molecule has 1 aromatic carbocycles. The first kappa shape index (κ1) is 15.4. The summed E-state index contributed by atoms with van der Waals surface area (Å²) in [7, 11) is 0. The molecule has 0 aromatic heterocycles. The second kappa shape index (κ2) is 9.07. The number of benzene rings is 1. The van der Waals surface area contributed by atoms with E-state index in [1.165, 1.54) is 0 Å². The third kappa shape index (κ3) is 5.58. The molecule has 0 saturated carbocycles. The summed E-state index contributed by atoms with van der Waals surface area (Å²) in [4.78, 5) is 0.829. The Bertz CT molecular complexity index is 399. The van der Waals surface area contributed by atoms with Crippen molar-refractivity contribution >= 4 is 12.6 Å². The van der Waals surface area contributed by atoms with Gasteiger partial charge in [-0.05, 0) is 18.2 Å². The highest BCUT2D eigenvalue weighted by Gasteiger charge is 2.06. The van der Waals surface area contributed by atoms with E-state index in [2.05, 4.69) is 12.6 Å². The molecule has 1 aliphatic rings. The predicted octanol–water partition coefficient (Wildman–Crippen LogP) is 1.80. The normalized spacial score (nSPS) is 18.9. The van der Waals surface area contributed by atoms with Crippen LogP contribution in [0.2, 0.25) is 0 Å². The van der Waals surface area contributed by atoms with Gasteiger partial charge in [-0.3, -0.25) is 0 Å². The minimum Gasteiger partial charge on any atom is -0.487 e. The van der Waals surface area contributed by atoms with Crippen molar-refractivity contribution in [1.82, 2.24) is 0 Å². The van der Waals surface area contributed by atoms with E-state index in [0.29, 0.717) is 64.4 Å². The summed E-state index contributed by atoms with van der Waals surface area (Å²) in [5, 5.41) is 0. The summed E-state index contributed by atoms with van der Waals surface area (Å²) >= 11 is 4.30. The lowest BCUT2D eigenvalue weighted by atomic mass is 10.3. The molecule has 0 atom stereocenters. The molecule has 6 heteroatoms. The van der Waals surface area contributed by atoms with Crippen LogP contribution in [0.25, 0.3) is 0 Å². The monoisotopic (exact) mass is 300 g/mol. The van der Waals surface area contributed by atoms with Crippen molar-refractivity contribution in [2.45, 2.75) is 4.90 Å². The molecule has 0 saturated heterocycles. The molecule has 112 valence electrons. The Hall–Kier alpha value is -0.950. The van der Waals surface area contributed by atoms with E-state index in [0.717, 1.165) is 4.90 Å². The minimum atomic E-state index is 0.462. The van der Waals surface area contributed by atoms with Crippen LogP contribution in [0.1, 0.15) is 0 Å². The Morgan fingerprint density at radius 3 is 1.75 bits per heavy atom. The molecule has 5 nitrogen and oxygen atoms in total. The molecule has 0 N–H and O–H groups in total. The van der Waals surface area contributed by atoms with Gasteiger partial charge in [-0.1, -0.05) is 0 Å². The molecule has 1 aromatic rings. The first-order chi connectivity index (χ1) is 9.86. The van der Waals surface area contributed by atoms with Crippen LogP contribution in [0.15, 0.2) is 23.1 Å². The van der Waals surface area contributed by atoms with E-state index < -0.39 is 0 Å². The van der Waals surface area contributed by atoms with E-state index in [4.69, 9.17) is 23.7 Å². The summed E-state index contributed by atoms with van der Waals surface area (Å²) in [5.74, 6) is 1.37. The van der Waals surface area contributed by atoms with Crippen molar-refractivity contribution < 1.29 is 23.7 Å². The number of fused-ring (bicyclic) bond motifs is 1. The van der Waals surface area contributed by atoms with E-state index in [1.54, 1.807) is 0 Å². The van der Waals surface area contributed by atoms with Crippen molar-refractivity contribution in [2.75, 3.05) is 52.9 Å². The maximum Gasteiger partial charge on any atom is 0.162 e. The van der Waals surface area contributed by atoms with Gasteiger partial charge in [-0.15, -0.1) is 12.6 Å². The van der Waals surface area contributed by atoms with Crippen LogP contribution in [-0.4, -0.2) is 52.9 Å². The van der Waals surface area contributed by atoms with E-state index in [-0.39, 0.29) is 0 Å². The molecule has 0 aliphatic carbocycles. The Labute approximate surface area is 124 Å². The zero-order chi connectivity index (χ0) is 14.0. The highest BCUT2D eigenvalue weighted by molar-refractivity contribution is 7.80. The molecule has 0 unspecified atom stereocenters. The van der Waals surface area contributed by atoms with E-state index in [9.17, 15) is 0 Å². The zero-order valence-electron chi connectivity index (χ0n) is 11.4. The summed E-state index contributed by atoms with van der Waals surface area (Å²) in [6.45, 7) is 4.21. The smallest absolute Gasteiger partial charge is 0.162 e. The molecule has 1 aliphatic heterocycles. The van der Waals surface area contributed by atoms with Crippen LogP contribution in [-0.2, 0) is 14.2 Å². The van der Waals surface area contributed by atoms with Crippen LogP contribution in [0.4, 0.5) is 0 Å². The van der Waals surface area contributed by atoms with Gasteiger partial charge in [0.1, 0.15) is 13.2 Å². The fraction of sp³-hybridized carbons (Fsp3) is 0.571. The second-order valence-electron chi connectivity index (χ2n) is 4.17. The first-order valence-corrected chi connectivity index (χ1v) is 7.13. The molecule has 2 rings (SSSR count).